The normalized spacial score (nSPS) is 11.5. The highest BCUT2D eigenvalue weighted by atomic mass is 19.1. The molecule has 0 spiro atoms. The van der Waals surface area contributed by atoms with Gasteiger partial charge in [0.1, 0.15) is 11.5 Å². The summed E-state index contributed by atoms with van der Waals surface area (Å²) in [6, 6.07) is 6.44. The van der Waals surface area contributed by atoms with Crippen LogP contribution in [0, 0.1) is 5.82 Å². The number of aliphatic carboxylic acids is 1. The number of carboxylic acids is 1. The summed E-state index contributed by atoms with van der Waals surface area (Å²) in [7, 11) is 0. The van der Waals surface area contributed by atoms with Crippen LogP contribution < -0.4 is 0 Å². The third-order valence-corrected chi connectivity index (χ3v) is 3.07. The molecule has 1 aromatic heterocycles. The summed E-state index contributed by atoms with van der Waals surface area (Å²) in [5.74, 6) is -1.32. The molecule has 0 saturated carbocycles. The average Bonchev–Trinajstić information content (AvgIpc) is 2.80. The summed E-state index contributed by atoms with van der Waals surface area (Å²) in [5.41, 5.74) is 0.387. The molecule has 1 heterocycles. The zero-order valence-electron chi connectivity index (χ0n) is 10.8. The van der Waals surface area contributed by atoms with Crippen LogP contribution in [0.4, 0.5) is 4.39 Å². The molecule has 19 heavy (non-hydrogen) atoms. The van der Waals surface area contributed by atoms with E-state index in [-0.39, 0.29) is 6.42 Å². The van der Waals surface area contributed by atoms with Crippen LogP contribution >= 0.6 is 0 Å². The zero-order valence-corrected chi connectivity index (χ0v) is 10.8. The molecule has 2 aromatic rings. The first-order valence-electron chi connectivity index (χ1n) is 5.92. The minimum Gasteiger partial charge on any atom is -0.481 e. The van der Waals surface area contributed by atoms with Crippen molar-refractivity contribution in [3.05, 3.63) is 48.0 Å². The molecule has 0 radical (unpaired) electrons. The number of halogens is 1. The lowest BCUT2D eigenvalue weighted by Crippen LogP contribution is -2.22. The Balaban J connectivity index is 2.36. The van der Waals surface area contributed by atoms with Gasteiger partial charge in [-0.15, -0.1) is 0 Å². The predicted molar refractivity (Wildman–Crippen MR) is 68.8 cm³/mol. The number of hydrogen-bond acceptors (Lipinski definition) is 2. The van der Waals surface area contributed by atoms with E-state index in [1.807, 2.05) is 0 Å². The van der Waals surface area contributed by atoms with Crippen molar-refractivity contribution in [2.24, 2.45) is 0 Å². The van der Waals surface area contributed by atoms with Crippen molar-refractivity contribution >= 4 is 5.97 Å². The predicted octanol–water partition coefficient (Wildman–Crippen LogP) is 2.76. The Bertz CT molecular complexity index is 591. The Hall–Kier alpha value is -2.17. The van der Waals surface area contributed by atoms with Gasteiger partial charge in [0.15, 0.2) is 0 Å². The van der Waals surface area contributed by atoms with Crippen molar-refractivity contribution < 1.29 is 14.3 Å². The molecule has 5 heteroatoms. The standard InChI is InChI=1S/C14H15FN2O2/c1-14(2,9-13(18)19)10-4-5-12(11(15)8-10)17-7-3-6-16-17/h3-8H,9H2,1-2H3,(H,18,19). The van der Waals surface area contributed by atoms with Gasteiger partial charge in [0.25, 0.3) is 0 Å². The first-order chi connectivity index (χ1) is 8.90. The van der Waals surface area contributed by atoms with E-state index in [1.165, 1.54) is 10.7 Å². The lowest BCUT2D eigenvalue weighted by Gasteiger charge is -2.23. The maximum Gasteiger partial charge on any atom is 0.304 e. The van der Waals surface area contributed by atoms with Gasteiger partial charge in [-0.1, -0.05) is 19.9 Å². The Kier molecular flexibility index (Phi) is 3.38. The molecule has 0 aliphatic carbocycles. The minimum absolute atomic E-state index is 0.0481. The van der Waals surface area contributed by atoms with Gasteiger partial charge >= 0.3 is 5.97 Å². The molecule has 0 unspecified atom stereocenters. The fourth-order valence-corrected chi connectivity index (χ4v) is 2.01. The van der Waals surface area contributed by atoms with Crippen LogP contribution in [0.3, 0.4) is 0 Å². The van der Waals surface area contributed by atoms with Crippen molar-refractivity contribution in [3.8, 4) is 5.69 Å². The van der Waals surface area contributed by atoms with E-state index in [2.05, 4.69) is 5.10 Å². The molecule has 0 amide bonds. The highest BCUT2D eigenvalue weighted by molar-refractivity contribution is 5.69. The second-order valence-electron chi connectivity index (χ2n) is 5.07. The monoisotopic (exact) mass is 262 g/mol. The minimum atomic E-state index is -0.901. The van der Waals surface area contributed by atoms with Crippen molar-refractivity contribution in [1.29, 1.82) is 0 Å². The lowest BCUT2D eigenvalue weighted by atomic mass is 9.81. The van der Waals surface area contributed by atoms with Crippen molar-refractivity contribution in [2.45, 2.75) is 25.7 Å². The van der Waals surface area contributed by atoms with Gasteiger partial charge < -0.3 is 5.11 Å². The Morgan fingerprint density at radius 1 is 1.47 bits per heavy atom. The molecule has 0 saturated heterocycles. The lowest BCUT2D eigenvalue weighted by molar-refractivity contribution is -0.138. The van der Waals surface area contributed by atoms with E-state index in [0.717, 1.165) is 0 Å². The molecule has 0 fully saturated rings. The first kappa shape index (κ1) is 13.3. The van der Waals surface area contributed by atoms with Gasteiger partial charge in [-0.25, -0.2) is 9.07 Å². The summed E-state index contributed by atoms with van der Waals surface area (Å²) < 4.78 is 15.5. The van der Waals surface area contributed by atoms with Gasteiger partial charge in [0, 0.05) is 17.8 Å². The van der Waals surface area contributed by atoms with E-state index in [9.17, 15) is 9.18 Å². The summed E-state index contributed by atoms with van der Waals surface area (Å²) in [5, 5.41) is 12.8. The smallest absolute Gasteiger partial charge is 0.304 e. The van der Waals surface area contributed by atoms with Crippen LogP contribution in [0.15, 0.2) is 36.7 Å². The fraction of sp³-hybridized carbons (Fsp3) is 0.286. The van der Waals surface area contributed by atoms with E-state index in [0.29, 0.717) is 11.3 Å². The Morgan fingerprint density at radius 2 is 2.21 bits per heavy atom. The van der Waals surface area contributed by atoms with Gasteiger partial charge in [-0.05, 0) is 23.8 Å². The number of hydrogen-bond donors (Lipinski definition) is 1. The van der Waals surface area contributed by atoms with Crippen LogP contribution in [-0.2, 0) is 10.2 Å². The van der Waals surface area contributed by atoms with Crippen LogP contribution in [0.2, 0.25) is 0 Å². The zero-order chi connectivity index (χ0) is 14.0. The maximum absolute atomic E-state index is 14.1. The van der Waals surface area contributed by atoms with Crippen molar-refractivity contribution in [1.82, 2.24) is 9.78 Å². The number of carbonyl (C=O) groups is 1. The quantitative estimate of drug-likeness (QED) is 0.921. The summed E-state index contributed by atoms with van der Waals surface area (Å²) in [4.78, 5) is 10.8. The molecule has 100 valence electrons. The first-order valence-corrected chi connectivity index (χ1v) is 5.92. The molecule has 4 nitrogen and oxygen atoms in total. The SMILES string of the molecule is CC(C)(CC(=O)O)c1ccc(-n2cccn2)c(F)c1. The average molecular weight is 262 g/mol. The molecule has 0 bridgehead atoms. The Morgan fingerprint density at radius 3 is 2.74 bits per heavy atom. The molecule has 2 rings (SSSR count). The summed E-state index contributed by atoms with van der Waals surface area (Å²) >= 11 is 0. The number of rotatable bonds is 4. The van der Waals surface area contributed by atoms with E-state index >= 15 is 0 Å². The summed E-state index contributed by atoms with van der Waals surface area (Å²) in [6.07, 6.45) is 3.18. The largest absolute Gasteiger partial charge is 0.481 e. The van der Waals surface area contributed by atoms with E-state index in [1.54, 1.807) is 44.4 Å². The second-order valence-corrected chi connectivity index (χ2v) is 5.07. The molecule has 1 N–H and O–H groups in total. The fourth-order valence-electron chi connectivity index (χ4n) is 2.01. The molecule has 0 aliphatic rings. The van der Waals surface area contributed by atoms with Crippen LogP contribution in [0.5, 0.6) is 0 Å². The summed E-state index contributed by atoms with van der Waals surface area (Å²) in [6.45, 7) is 3.56. The maximum atomic E-state index is 14.1. The van der Waals surface area contributed by atoms with Gasteiger partial charge in [-0.2, -0.15) is 5.10 Å². The van der Waals surface area contributed by atoms with Crippen molar-refractivity contribution in [3.63, 3.8) is 0 Å². The Labute approximate surface area is 110 Å². The number of aromatic nitrogens is 2. The highest BCUT2D eigenvalue weighted by Crippen LogP contribution is 2.29. The van der Waals surface area contributed by atoms with Crippen LogP contribution in [0.25, 0.3) is 5.69 Å². The highest BCUT2D eigenvalue weighted by Gasteiger charge is 2.25. The van der Waals surface area contributed by atoms with Crippen LogP contribution in [0.1, 0.15) is 25.8 Å². The van der Waals surface area contributed by atoms with Gasteiger partial charge in [0.2, 0.25) is 0 Å². The molecule has 0 aliphatic heterocycles. The molecule has 1 aromatic carbocycles. The second kappa shape index (κ2) is 4.84. The van der Waals surface area contributed by atoms with Crippen molar-refractivity contribution in [2.75, 3.05) is 0 Å². The van der Waals surface area contributed by atoms with E-state index < -0.39 is 17.2 Å². The third kappa shape index (κ3) is 2.81. The van der Waals surface area contributed by atoms with Gasteiger partial charge in [-0.3, -0.25) is 4.79 Å². The molecular formula is C14H15FN2O2. The molecular weight excluding hydrogens is 247 g/mol. The third-order valence-electron chi connectivity index (χ3n) is 3.07. The number of nitrogens with zero attached hydrogens (tertiary/aromatic N) is 2. The number of benzene rings is 1. The topological polar surface area (TPSA) is 55.1 Å². The van der Waals surface area contributed by atoms with E-state index in [4.69, 9.17) is 5.11 Å². The number of carboxylic acid groups (broad SMARTS) is 1. The van der Waals surface area contributed by atoms with Gasteiger partial charge in [0.05, 0.1) is 6.42 Å². The van der Waals surface area contributed by atoms with Crippen LogP contribution in [-0.4, -0.2) is 20.9 Å². The molecule has 0 atom stereocenters.